The van der Waals surface area contributed by atoms with Gasteiger partial charge in [0.15, 0.2) is 0 Å². The molecule has 6 nitrogen and oxygen atoms in total. The predicted octanol–water partition coefficient (Wildman–Crippen LogP) is 0.634. The van der Waals surface area contributed by atoms with Crippen LogP contribution in [0.1, 0.15) is 19.4 Å². The predicted molar refractivity (Wildman–Crippen MR) is 82.1 cm³/mol. The molecular formula is C14H23N3O3S. The number of hydrogen-bond acceptors (Lipinski definition) is 4. The van der Waals surface area contributed by atoms with Crippen LogP contribution in [0.5, 0.6) is 0 Å². The van der Waals surface area contributed by atoms with Crippen LogP contribution in [0, 0.1) is 0 Å². The van der Waals surface area contributed by atoms with Gasteiger partial charge in [-0.25, -0.2) is 8.42 Å². The molecule has 0 saturated carbocycles. The van der Waals surface area contributed by atoms with Crippen LogP contribution in [0.15, 0.2) is 29.2 Å². The van der Waals surface area contributed by atoms with Crippen LogP contribution in [-0.4, -0.2) is 50.2 Å². The Bertz CT molecular complexity index is 566. The second-order valence-electron chi connectivity index (χ2n) is 4.68. The minimum atomic E-state index is -3.66. The van der Waals surface area contributed by atoms with Gasteiger partial charge in [-0.2, -0.15) is 4.31 Å². The van der Waals surface area contributed by atoms with E-state index in [1.165, 1.54) is 19.2 Å². The van der Waals surface area contributed by atoms with Crippen molar-refractivity contribution in [2.75, 3.05) is 26.7 Å². The zero-order valence-electron chi connectivity index (χ0n) is 12.7. The van der Waals surface area contributed by atoms with Gasteiger partial charge >= 0.3 is 0 Å². The molecule has 1 rings (SSSR count). The van der Waals surface area contributed by atoms with Crippen LogP contribution in [0.2, 0.25) is 0 Å². The van der Waals surface area contributed by atoms with E-state index in [0.717, 1.165) is 9.87 Å². The highest BCUT2D eigenvalue weighted by Gasteiger charge is 2.24. The lowest BCUT2D eigenvalue weighted by atomic mass is 10.2. The number of carbonyl (C=O) groups is 1. The summed E-state index contributed by atoms with van der Waals surface area (Å²) in [5.41, 5.74) is 6.35. The highest BCUT2D eigenvalue weighted by molar-refractivity contribution is 7.89. The van der Waals surface area contributed by atoms with E-state index in [9.17, 15) is 13.2 Å². The van der Waals surface area contributed by atoms with Gasteiger partial charge in [0.25, 0.3) is 0 Å². The molecule has 0 spiro atoms. The van der Waals surface area contributed by atoms with Crippen molar-refractivity contribution in [3.8, 4) is 0 Å². The number of rotatable bonds is 7. The highest BCUT2D eigenvalue weighted by atomic mass is 32.2. The summed E-state index contributed by atoms with van der Waals surface area (Å²) < 4.78 is 25.9. The first-order valence-corrected chi connectivity index (χ1v) is 8.33. The molecule has 0 heterocycles. The monoisotopic (exact) mass is 313 g/mol. The molecule has 0 aliphatic heterocycles. The van der Waals surface area contributed by atoms with Crippen LogP contribution in [-0.2, 0) is 21.4 Å². The molecule has 2 N–H and O–H groups in total. The lowest BCUT2D eigenvalue weighted by Gasteiger charge is -2.23. The van der Waals surface area contributed by atoms with Gasteiger partial charge in [0, 0.05) is 26.7 Å². The molecule has 0 aromatic heterocycles. The minimum Gasteiger partial charge on any atom is -0.342 e. The van der Waals surface area contributed by atoms with E-state index in [-0.39, 0.29) is 17.3 Å². The molecule has 1 amide bonds. The molecule has 21 heavy (non-hydrogen) atoms. The Labute approximate surface area is 126 Å². The Kier molecular flexibility index (Phi) is 6.32. The van der Waals surface area contributed by atoms with Crippen molar-refractivity contribution in [3.05, 3.63) is 29.8 Å². The van der Waals surface area contributed by atoms with Crippen LogP contribution in [0.25, 0.3) is 0 Å². The van der Waals surface area contributed by atoms with Crippen LogP contribution in [0.4, 0.5) is 0 Å². The van der Waals surface area contributed by atoms with Gasteiger partial charge < -0.3 is 10.6 Å². The van der Waals surface area contributed by atoms with Gasteiger partial charge in [-0.3, -0.25) is 4.79 Å². The van der Waals surface area contributed by atoms with Gasteiger partial charge in [-0.15, -0.1) is 0 Å². The summed E-state index contributed by atoms with van der Waals surface area (Å²) >= 11 is 0. The van der Waals surface area contributed by atoms with Crippen molar-refractivity contribution in [2.24, 2.45) is 5.73 Å². The fourth-order valence-electron chi connectivity index (χ4n) is 1.93. The lowest BCUT2D eigenvalue weighted by molar-refractivity contribution is -0.130. The van der Waals surface area contributed by atoms with Crippen molar-refractivity contribution in [2.45, 2.75) is 25.3 Å². The first kappa shape index (κ1) is 17.6. The van der Waals surface area contributed by atoms with Crippen molar-refractivity contribution in [1.82, 2.24) is 9.21 Å². The molecule has 0 saturated heterocycles. The highest BCUT2D eigenvalue weighted by Crippen LogP contribution is 2.15. The largest absolute Gasteiger partial charge is 0.342 e. The Morgan fingerprint density at radius 1 is 1.14 bits per heavy atom. The van der Waals surface area contributed by atoms with E-state index in [2.05, 4.69) is 0 Å². The van der Waals surface area contributed by atoms with E-state index in [1.54, 1.807) is 17.0 Å². The first-order chi connectivity index (χ1) is 9.86. The van der Waals surface area contributed by atoms with Gasteiger partial charge in [0.2, 0.25) is 15.9 Å². The average molecular weight is 313 g/mol. The number of benzene rings is 1. The Hall–Kier alpha value is -1.44. The average Bonchev–Trinajstić information content (AvgIpc) is 2.48. The normalized spacial score (nSPS) is 11.7. The third-order valence-electron chi connectivity index (χ3n) is 3.34. The summed E-state index contributed by atoms with van der Waals surface area (Å²) in [6.07, 6.45) is 0. The number of nitrogens with two attached hydrogens (primary N) is 1. The molecule has 0 bridgehead atoms. The molecule has 1 aromatic carbocycles. The van der Waals surface area contributed by atoms with Crippen LogP contribution in [0.3, 0.4) is 0 Å². The smallest absolute Gasteiger partial charge is 0.243 e. The number of sulfonamides is 1. The first-order valence-electron chi connectivity index (χ1n) is 6.89. The standard InChI is InChI=1S/C14H23N3O3S/c1-4-17(5-2)14(18)11-16(3)21(19,20)13-8-6-12(10-15)7-9-13/h6-9H,4-5,10-11,15H2,1-3H3. The van der Waals surface area contributed by atoms with Gasteiger partial charge in [0.05, 0.1) is 11.4 Å². The third-order valence-corrected chi connectivity index (χ3v) is 5.16. The maximum Gasteiger partial charge on any atom is 0.243 e. The molecule has 7 heteroatoms. The lowest BCUT2D eigenvalue weighted by Crippen LogP contribution is -2.40. The van der Waals surface area contributed by atoms with E-state index in [0.29, 0.717) is 19.6 Å². The summed E-state index contributed by atoms with van der Waals surface area (Å²) in [7, 11) is -2.25. The molecule has 0 radical (unpaired) electrons. The van der Waals surface area contributed by atoms with Gasteiger partial charge in [-0.05, 0) is 31.5 Å². The zero-order valence-corrected chi connectivity index (χ0v) is 13.6. The van der Waals surface area contributed by atoms with Crippen molar-refractivity contribution in [1.29, 1.82) is 0 Å². The summed E-state index contributed by atoms with van der Waals surface area (Å²) in [6, 6.07) is 6.37. The second-order valence-corrected chi connectivity index (χ2v) is 6.72. The maximum absolute atomic E-state index is 12.4. The Balaban J connectivity index is 2.88. The summed E-state index contributed by atoms with van der Waals surface area (Å²) in [5, 5.41) is 0. The van der Waals surface area contributed by atoms with Gasteiger partial charge in [-0.1, -0.05) is 12.1 Å². The second kappa shape index (κ2) is 7.53. The Morgan fingerprint density at radius 3 is 2.10 bits per heavy atom. The van der Waals surface area contributed by atoms with Gasteiger partial charge in [0.1, 0.15) is 0 Å². The minimum absolute atomic E-state index is 0.162. The molecule has 0 unspecified atom stereocenters. The fraction of sp³-hybridized carbons (Fsp3) is 0.500. The molecule has 0 aliphatic rings. The molecule has 1 aromatic rings. The Morgan fingerprint density at radius 2 is 1.67 bits per heavy atom. The van der Waals surface area contributed by atoms with Crippen molar-refractivity contribution >= 4 is 15.9 Å². The number of carbonyl (C=O) groups excluding carboxylic acids is 1. The topological polar surface area (TPSA) is 83.7 Å². The number of amides is 1. The van der Waals surface area contributed by atoms with E-state index in [4.69, 9.17) is 5.73 Å². The molecule has 118 valence electrons. The van der Waals surface area contributed by atoms with Crippen LogP contribution >= 0.6 is 0 Å². The van der Waals surface area contributed by atoms with Crippen molar-refractivity contribution < 1.29 is 13.2 Å². The SMILES string of the molecule is CCN(CC)C(=O)CN(C)S(=O)(=O)c1ccc(CN)cc1. The molecule has 0 atom stereocenters. The number of likely N-dealkylation sites (N-methyl/N-ethyl adjacent to an activating group) is 2. The van der Waals surface area contributed by atoms with E-state index in [1.807, 2.05) is 13.8 Å². The molecule has 0 aliphatic carbocycles. The zero-order chi connectivity index (χ0) is 16.0. The maximum atomic E-state index is 12.4. The van der Waals surface area contributed by atoms with Crippen LogP contribution < -0.4 is 5.73 Å². The van der Waals surface area contributed by atoms with E-state index < -0.39 is 10.0 Å². The third kappa shape index (κ3) is 4.26. The summed E-state index contributed by atoms with van der Waals surface area (Å²) in [6.45, 7) is 5.05. The molecule has 0 fully saturated rings. The van der Waals surface area contributed by atoms with E-state index >= 15 is 0 Å². The quantitative estimate of drug-likeness (QED) is 0.800. The summed E-state index contributed by atoms with van der Waals surface area (Å²) in [5.74, 6) is -0.204. The molecular weight excluding hydrogens is 290 g/mol. The number of nitrogens with zero attached hydrogens (tertiary/aromatic N) is 2. The summed E-state index contributed by atoms with van der Waals surface area (Å²) in [4.78, 5) is 13.8. The fourth-order valence-corrected chi connectivity index (χ4v) is 3.05. The number of hydrogen-bond donors (Lipinski definition) is 1. The van der Waals surface area contributed by atoms with Crippen molar-refractivity contribution in [3.63, 3.8) is 0 Å².